The number of hydrogen-bond donors (Lipinski definition) is 2. The number of anilines is 2. The Kier molecular flexibility index (Phi) is 6.42. The number of benzene rings is 1. The van der Waals surface area contributed by atoms with Gasteiger partial charge < -0.3 is 19.9 Å². The van der Waals surface area contributed by atoms with Crippen LogP contribution < -0.4 is 15.4 Å². The molecule has 0 saturated heterocycles. The van der Waals surface area contributed by atoms with Crippen LogP contribution in [0.1, 0.15) is 26.5 Å². The second-order valence-electron chi connectivity index (χ2n) is 7.45. The SMILES string of the molecule is CNC(=O)c1ccc(Nc2ncc3cc(C=O)n(Cc4nccnc4S(C)(=O)=O)c3n2)c(OC)c1. The number of carbonyl (C=O) groups excluding carboxylic acids is 2. The van der Waals surface area contributed by atoms with Crippen LogP contribution in [0.4, 0.5) is 11.6 Å². The predicted octanol–water partition coefficient (Wildman–Crippen LogP) is 1.60. The summed E-state index contributed by atoms with van der Waals surface area (Å²) < 4.78 is 31.2. The summed E-state index contributed by atoms with van der Waals surface area (Å²) in [6.07, 6.45) is 5.90. The van der Waals surface area contributed by atoms with Gasteiger partial charge in [0.1, 0.15) is 11.4 Å². The van der Waals surface area contributed by atoms with Gasteiger partial charge in [0, 0.05) is 42.8 Å². The number of amides is 1. The lowest BCUT2D eigenvalue weighted by molar-refractivity contribution is 0.0962. The molecule has 3 aromatic heterocycles. The molecule has 0 saturated carbocycles. The highest BCUT2D eigenvalue weighted by Gasteiger charge is 2.20. The van der Waals surface area contributed by atoms with Crippen molar-refractivity contribution in [1.29, 1.82) is 0 Å². The molecule has 12 nitrogen and oxygen atoms in total. The highest BCUT2D eigenvalue weighted by Crippen LogP contribution is 2.29. The van der Waals surface area contributed by atoms with Crippen LogP contribution in [0.15, 0.2) is 47.9 Å². The summed E-state index contributed by atoms with van der Waals surface area (Å²) in [5.74, 6) is 0.336. The third-order valence-electron chi connectivity index (χ3n) is 5.12. The molecule has 0 aliphatic heterocycles. The van der Waals surface area contributed by atoms with E-state index in [0.29, 0.717) is 34.3 Å². The minimum Gasteiger partial charge on any atom is -0.495 e. The number of ether oxygens (including phenoxy) is 1. The fourth-order valence-electron chi connectivity index (χ4n) is 3.51. The molecule has 3 heterocycles. The van der Waals surface area contributed by atoms with Crippen LogP contribution in [0.3, 0.4) is 0 Å². The highest BCUT2D eigenvalue weighted by molar-refractivity contribution is 7.90. The predicted molar refractivity (Wildman–Crippen MR) is 127 cm³/mol. The van der Waals surface area contributed by atoms with Gasteiger partial charge >= 0.3 is 0 Å². The molecule has 0 radical (unpaired) electrons. The Morgan fingerprint density at radius 2 is 1.94 bits per heavy atom. The van der Waals surface area contributed by atoms with Gasteiger partial charge in [-0.2, -0.15) is 4.98 Å². The molecule has 1 amide bonds. The van der Waals surface area contributed by atoms with Gasteiger partial charge in [0.25, 0.3) is 5.91 Å². The molecule has 2 N–H and O–H groups in total. The molecule has 0 aliphatic rings. The first kappa shape index (κ1) is 23.8. The van der Waals surface area contributed by atoms with E-state index in [4.69, 9.17) is 4.74 Å². The lowest BCUT2D eigenvalue weighted by atomic mass is 10.1. The minimum absolute atomic E-state index is 0.0472. The van der Waals surface area contributed by atoms with Gasteiger partial charge in [0.2, 0.25) is 5.95 Å². The van der Waals surface area contributed by atoms with E-state index < -0.39 is 9.84 Å². The van der Waals surface area contributed by atoms with Crippen LogP contribution in [-0.2, 0) is 16.4 Å². The van der Waals surface area contributed by atoms with Crippen LogP contribution in [0.5, 0.6) is 5.75 Å². The summed E-state index contributed by atoms with van der Waals surface area (Å²) in [4.78, 5) is 40.6. The second-order valence-corrected chi connectivity index (χ2v) is 9.38. The fourth-order valence-corrected chi connectivity index (χ4v) is 4.30. The van der Waals surface area contributed by atoms with Crippen molar-refractivity contribution in [2.45, 2.75) is 11.6 Å². The molecule has 4 aromatic rings. The maximum absolute atomic E-state index is 12.1. The van der Waals surface area contributed by atoms with Crippen LogP contribution in [-0.4, -0.2) is 65.5 Å². The van der Waals surface area contributed by atoms with E-state index in [1.165, 1.54) is 32.7 Å². The third-order valence-corrected chi connectivity index (χ3v) is 6.16. The van der Waals surface area contributed by atoms with Crippen LogP contribution >= 0.6 is 0 Å². The van der Waals surface area contributed by atoms with Gasteiger partial charge in [-0.25, -0.2) is 18.4 Å². The van der Waals surface area contributed by atoms with Crippen molar-refractivity contribution in [3.63, 3.8) is 0 Å². The van der Waals surface area contributed by atoms with E-state index in [1.54, 1.807) is 28.8 Å². The van der Waals surface area contributed by atoms with Crippen molar-refractivity contribution >= 4 is 44.7 Å². The molecular weight excluding hydrogens is 474 g/mol. The average molecular weight is 496 g/mol. The largest absolute Gasteiger partial charge is 0.495 e. The average Bonchev–Trinajstić information content (AvgIpc) is 3.20. The molecule has 0 spiro atoms. The fraction of sp³-hybridized carbons (Fsp3) is 0.182. The number of carbonyl (C=O) groups is 2. The van der Waals surface area contributed by atoms with E-state index in [2.05, 4.69) is 30.6 Å². The Morgan fingerprint density at radius 3 is 2.63 bits per heavy atom. The standard InChI is InChI=1S/C22H21N7O5S/c1-23-20(31)13-4-5-16(18(9-13)34-2)27-22-26-10-14-8-15(12-30)29(19(14)28-22)11-17-21(35(3,32)33)25-7-6-24-17/h4-10,12H,11H2,1-3H3,(H,23,31)(H,26,27,28). The Bertz CT molecular complexity index is 1550. The summed E-state index contributed by atoms with van der Waals surface area (Å²) in [6, 6.07) is 6.45. The van der Waals surface area contributed by atoms with Gasteiger partial charge in [0.15, 0.2) is 21.1 Å². The summed E-state index contributed by atoms with van der Waals surface area (Å²) in [6.45, 7) is -0.0472. The van der Waals surface area contributed by atoms with Gasteiger partial charge in [-0.3, -0.25) is 14.6 Å². The lowest BCUT2D eigenvalue weighted by Crippen LogP contribution is -2.17. The van der Waals surface area contributed by atoms with Crippen molar-refractivity contribution in [2.75, 3.05) is 25.7 Å². The first-order chi connectivity index (χ1) is 16.7. The topological polar surface area (TPSA) is 158 Å². The molecule has 1 aromatic carbocycles. The first-order valence-electron chi connectivity index (χ1n) is 10.2. The molecule has 4 rings (SSSR count). The molecule has 0 fully saturated rings. The Labute approximate surface area is 200 Å². The van der Waals surface area contributed by atoms with E-state index in [0.717, 1.165) is 6.26 Å². The number of aromatic nitrogens is 5. The van der Waals surface area contributed by atoms with Gasteiger partial charge in [-0.05, 0) is 24.3 Å². The Morgan fingerprint density at radius 1 is 1.17 bits per heavy atom. The number of methoxy groups -OCH3 is 1. The normalized spacial score (nSPS) is 11.3. The number of hydrogen-bond acceptors (Lipinski definition) is 10. The summed E-state index contributed by atoms with van der Waals surface area (Å²) in [7, 11) is -0.634. The molecule has 13 heteroatoms. The number of nitrogens with zero attached hydrogens (tertiary/aromatic N) is 5. The number of sulfone groups is 1. The zero-order valence-electron chi connectivity index (χ0n) is 19.0. The zero-order chi connectivity index (χ0) is 25.2. The maximum atomic E-state index is 12.1. The third kappa shape index (κ3) is 4.80. The summed E-state index contributed by atoms with van der Waals surface area (Å²) in [5.41, 5.74) is 1.76. The van der Waals surface area contributed by atoms with Gasteiger partial charge in [0.05, 0.1) is 30.7 Å². The van der Waals surface area contributed by atoms with E-state index in [-0.39, 0.29) is 34.8 Å². The van der Waals surface area contributed by atoms with E-state index in [1.807, 2.05) is 0 Å². The van der Waals surface area contributed by atoms with Crippen molar-refractivity contribution in [3.8, 4) is 5.75 Å². The monoisotopic (exact) mass is 495 g/mol. The van der Waals surface area contributed by atoms with Gasteiger partial charge in [-0.15, -0.1) is 0 Å². The quantitative estimate of drug-likeness (QED) is 0.344. The molecule has 0 bridgehead atoms. The minimum atomic E-state index is -3.64. The second kappa shape index (κ2) is 9.46. The van der Waals surface area contributed by atoms with Gasteiger partial charge in [-0.1, -0.05) is 0 Å². The van der Waals surface area contributed by atoms with Crippen molar-refractivity contribution < 1.29 is 22.7 Å². The number of rotatable bonds is 8. The molecule has 0 aliphatic carbocycles. The van der Waals surface area contributed by atoms with E-state index in [9.17, 15) is 18.0 Å². The molecule has 35 heavy (non-hydrogen) atoms. The summed E-state index contributed by atoms with van der Waals surface area (Å²) >= 11 is 0. The molecular formula is C22H21N7O5S. The summed E-state index contributed by atoms with van der Waals surface area (Å²) in [5, 5.41) is 6.00. The molecule has 180 valence electrons. The number of aldehydes is 1. The maximum Gasteiger partial charge on any atom is 0.251 e. The molecule has 0 atom stereocenters. The number of fused-ring (bicyclic) bond motifs is 1. The van der Waals surface area contributed by atoms with Crippen LogP contribution in [0, 0.1) is 0 Å². The van der Waals surface area contributed by atoms with Crippen LogP contribution in [0.25, 0.3) is 11.0 Å². The van der Waals surface area contributed by atoms with Crippen LogP contribution in [0.2, 0.25) is 0 Å². The van der Waals surface area contributed by atoms with Crippen molar-refractivity contribution in [1.82, 2.24) is 29.8 Å². The highest BCUT2D eigenvalue weighted by atomic mass is 32.2. The lowest BCUT2D eigenvalue weighted by Gasteiger charge is -2.12. The Balaban J connectivity index is 1.75. The number of nitrogens with one attached hydrogen (secondary N) is 2. The smallest absolute Gasteiger partial charge is 0.251 e. The van der Waals surface area contributed by atoms with Crippen molar-refractivity contribution in [3.05, 3.63) is 59.8 Å². The zero-order valence-corrected chi connectivity index (χ0v) is 19.8. The van der Waals surface area contributed by atoms with E-state index >= 15 is 0 Å². The Hall–Kier alpha value is -4.39. The first-order valence-corrected chi connectivity index (χ1v) is 12.1. The van der Waals surface area contributed by atoms with Crippen molar-refractivity contribution in [2.24, 2.45) is 0 Å². The molecule has 0 unspecified atom stereocenters.